The summed E-state index contributed by atoms with van der Waals surface area (Å²) in [5.41, 5.74) is -0.711. The first-order valence-electron chi connectivity index (χ1n) is 6.76. The number of morpholine rings is 1. The van der Waals surface area contributed by atoms with E-state index in [1.165, 1.54) is 4.90 Å². The third-order valence-electron chi connectivity index (χ3n) is 4.13. The number of imide groups is 1. The number of likely N-dealkylation sites (N-methyl/N-ethyl adjacent to an activating group) is 1. The maximum absolute atomic E-state index is 12.4. The van der Waals surface area contributed by atoms with Crippen molar-refractivity contribution in [1.29, 1.82) is 0 Å². The molecule has 106 valence electrons. The molecule has 3 aliphatic rings. The highest BCUT2D eigenvalue weighted by atomic mass is 16.5. The van der Waals surface area contributed by atoms with Gasteiger partial charge in [-0.25, -0.2) is 4.79 Å². The Morgan fingerprint density at radius 1 is 1.47 bits per heavy atom. The lowest BCUT2D eigenvalue weighted by Gasteiger charge is -2.31. The van der Waals surface area contributed by atoms with E-state index in [-0.39, 0.29) is 18.0 Å². The first-order valence-corrected chi connectivity index (χ1v) is 6.76. The Kier molecular flexibility index (Phi) is 3.20. The zero-order valence-corrected chi connectivity index (χ0v) is 11.1. The van der Waals surface area contributed by atoms with Gasteiger partial charge in [0.15, 0.2) is 0 Å². The Morgan fingerprint density at radius 2 is 2.32 bits per heavy atom. The van der Waals surface area contributed by atoms with Gasteiger partial charge in [-0.3, -0.25) is 9.69 Å². The second-order valence-corrected chi connectivity index (χ2v) is 5.61. The molecule has 3 fully saturated rings. The van der Waals surface area contributed by atoms with E-state index in [0.717, 1.165) is 19.6 Å². The fraction of sp³-hybridized carbons (Fsp3) is 0.833. The Balaban J connectivity index is 1.67. The van der Waals surface area contributed by atoms with Crippen LogP contribution in [-0.2, 0) is 9.53 Å². The molecule has 3 amide bonds. The summed E-state index contributed by atoms with van der Waals surface area (Å²) in [6, 6.07) is -0.287. The molecule has 3 saturated heterocycles. The van der Waals surface area contributed by atoms with Crippen LogP contribution >= 0.6 is 0 Å². The van der Waals surface area contributed by atoms with E-state index in [1.54, 1.807) is 0 Å². The second kappa shape index (κ2) is 4.73. The summed E-state index contributed by atoms with van der Waals surface area (Å²) in [6.07, 6.45) is 0.581. The molecule has 2 atom stereocenters. The third kappa shape index (κ3) is 2.22. The number of amides is 3. The number of nitrogens with zero attached hydrogens (tertiary/aromatic N) is 2. The van der Waals surface area contributed by atoms with Crippen LogP contribution in [0.5, 0.6) is 0 Å². The van der Waals surface area contributed by atoms with Gasteiger partial charge in [-0.15, -0.1) is 0 Å². The number of hydrogen-bond donors (Lipinski definition) is 2. The Labute approximate surface area is 112 Å². The van der Waals surface area contributed by atoms with Gasteiger partial charge in [0.25, 0.3) is 5.91 Å². The minimum atomic E-state index is -0.711. The predicted molar refractivity (Wildman–Crippen MR) is 67.7 cm³/mol. The fourth-order valence-corrected chi connectivity index (χ4v) is 3.00. The summed E-state index contributed by atoms with van der Waals surface area (Å²) in [6.45, 7) is 3.93. The van der Waals surface area contributed by atoms with E-state index in [0.29, 0.717) is 26.1 Å². The lowest BCUT2D eigenvalue weighted by Crippen LogP contribution is -2.50. The van der Waals surface area contributed by atoms with E-state index >= 15 is 0 Å². The van der Waals surface area contributed by atoms with Gasteiger partial charge < -0.3 is 20.3 Å². The average molecular weight is 268 g/mol. The molecule has 0 saturated carbocycles. The molecule has 2 N–H and O–H groups in total. The smallest absolute Gasteiger partial charge is 0.325 e. The molecule has 0 aromatic rings. The molecular weight excluding hydrogens is 248 g/mol. The Hall–Kier alpha value is -1.18. The zero-order chi connectivity index (χ0) is 13.5. The summed E-state index contributed by atoms with van der Waals surface area (Å²) in [5, 5.41) is 5.97. The van der Waals surface area contributed by atoms with Crippen molar-refractivity contribution < 1.29 is 14.3 Å². The fourth-order valence-electron chi connectivity index (χ4n) is 3.00. The van der Waals surface area contributed by atoms with E-state index in [2.05, 4.69) is 15.5 Å². The van der Waals surface area contributed by atoms with Crippen molar-refractivity contribution in [2.24, 2.45) is 0 Å². The first-order chi connectivity index (χ1) is 9.11. The van der Waals surface area contributed by atoms with Crippen LogP contribution in [0.4, 0.5) is 4.79 Å². The molecule has 19 heavy (non-hydrogen) atoms. The largest absolute Gasteiger partial charge is 0.374 e. The molecule has 7 nitrogen and oxygen atoms in total. The van der Waals surface area contributed by atoms with Gasteiger partial charge >= 0.3 is 6.03 Å². The molecular formula is C12H20N4O3. The van der Waals surface area contributed by atoms with Gasteiger partial charge in [-0.2, -0.15) is 0 Å². The molecule has 3 heterocycles. The highest BCUT2D eigenvalue weighted by Crippen LogP contribution is 2.24. The third-order valence-corrected chi connectivity index (χ3v) is 4.13. The number of carbonyl (C=O) groups excluding carboxylic acids is 2. The normalized spacial score (nSPS) is 36.3. The molecule has 3 aliphatic heterocycles. The van der Waals surface area contributed by atoms with Crippen molar-refractivity contribution >= 4 is 11.9 Å². The van der Waals surface area contributed by atoms with Crippen molar-refractivity contribution in [1.82, 2.24) is 20.4 Å². The molecule has 7 heteroatoms. The molecule has 0 radical (unpaired) electrons. The van der Waals surface area contributed by atoms with E-state index in [1.807, 2.05) is 7.05 Å². The van der Waals surface area contributed by atoms with E-state index < -0.39 is 5.54 Å². The number of urea groups is 1. The van der Waals surface area contributed by atoms with Gasteiger partial charge in [-0.1, -0.05) is 0 Å². The zero-order valence-electron chi connectivity index (χ0n) is 11.1. The van der Waals surface area contributed by atoms with Crippen LogP contribution < -0.4 is 10.6 Å². The summed E-state index contributed by atoms with van der Waals surface area (Å²) in [7, 11) is 2.02. The van der Waals surface area contributed by atoms with Gasteiger partial charge in [0, 0.05) is 19.6 Å². The predicted octanol–water partition coefficient (Wildman–Crippen LogP) is -1.40. The monoisotopic (exact) mass is 268 g/mol. The lowest BCUT2D eigenvalue weighted by molar-refractivity contribution is -0.132. The van der Waals surface area contributed by atoms with Gasteiger partial charge in [0.1, 0.15) is 5.54 Å². The van der Waals surface area contributed by atoms with Crippen molar-refractivity contribution in [3.63, 3.8) is 0 Å². The average Bonchev–Trinajstić information content (AvgIpc) is 2.92. The molecule has 3 rings (SSSR count). The topological polar surface area (TPSA) is 73.9 Å². The number of carbonyl (C=O) groups is 2. The van der Waals surface area contributed by atoms with Crippen LogP contribution in [0.3, 0.4) is 0 Å². The quantitative estimate of drug-likeness (QED) is 0.603. The van der Waals surface area contributed by atoms with Gasteiger partial charge in [0.05, 0.1) is 19.3 Å². The molecule has 0 aromatic carbocycles. The van der Waals surface area contributed by atoms with Crippen molar-refractivity contribution in [3.8, 4) is 0 Å². The second-order valence-electron chi connectivity index (χ2n) is 5.61. The van der Waals surface area contributed by atoms with E-state index in [9.17, 15) is 9.59 Å². The maximum atomic E-state index is 12.4. The minimum absolute atomic E-state index is 0.0852. The number of ether oxygens (including phenoxy) is 1. The van der Waals surface area contributed by atoms with E-state index in [4.69, 9.17) is 4.74 Å². The number of hydrogen-bond acceptors (Lipinski definition) is 5. The molecule has 0 bridgehead atoms. The SMILES string of the molecule is CN1CCOC(CN2C(=O)NC3(CCNC3)C2=O)C1. The summed E-state index contributed by atoms with van der Waals surface area (Å²) >= 11 is 0. The standard InChI is InChI=1S/C12H20N4O3/c1-15-4-5-19-9(6-15)7-16-10(17)12(14-11(16)18)2-3-13-8-12/h9,13H,2-8H2,1H3,(H,14,18). The van der Waals surface area contributed by atoms with Crippen LogP contribution in [0.2, 0.25) is 0 Å². The van der Waals surface area contributed by atoms with Crippen LogP contribution in [0.25, 0.3) is 0 Å². The molecule has 2 unspecified atom stereocenters. The molecule has 0 aliphatic carbocycles. The minimum Gasteiger partial charge on any atom is -0.374 e. The number of rotatable bonds is 2. The van der Waals surface area contributed by atoms with Crippen LogP contribution in [-0.4, -0.2) is 79.8 Å². The summed E-state index contributed by atoms with van der Waals surface area (Å²) in [4.78, 5) is 27.9. The highest BCUT2D eigenvalue weighted by molar-refractivity contribution is 6.07. The van der Waals surface area contributed by atoms with Gasteiger partial charge in [-0.05, 0) is 20.0 Å². The van der Waals surface area contributed by atoms with Crippen molar-refractivity contribution in [2.75, 3.05) is 46.4 Å². The molecule has 1 spiro atoms. The number of nitrogens with one attached hydrogen (secondary N) is 2. The van der Waals surface area contributed by atoms with Crippen molar-refractivity contribution in [3.05, 3.63) is 0 Å². The summed E-state index contributed by atoms with van der Waals surface area (Å²) in [5.74, 6) is -0.112. The Bertz CT molecular complexity index is 394. The van der Waals surface area contributed by atoms with Crippen LogP contribution in [0, 0.1) is 0 Å². The maximum Gasteiger partial charge on any atom is 0.325 e. The first kappa shape index (κ1) is 12.8. The highest BCUT2D eigenvalue weighted by Gasteiger charge is 2.53. The van der Waals surface area contributed by atoms with Gasteiger partial charge in [0.2, 0.25) is 0 Å². The summed E-state index contributed by atoms with van der Waals surface area (Å²) < 4.78 is 5.63. The lowest BCUT2D eigenvalue weighted by atomic mass is 9.99. The molecule has 0 aromatic heterocycles. The Morgan fingerprint density at radius 3 is 3.00 bits per heavy atom. The van der Waals surface area contributed by atoms with Crippen LogP contribution in [0.1, 0.15) is 6.42 Å². The van der Waals surface area contributed by atoms with Crippen molar-refractivity contribution in [2.45, 2.75) is 18.1 Å². The van der Waals surface area contributed by atoms with Crippen LogP contribution in [0.15, 0.2) is 0 Å².